The second kappa shape index (κ2) is 7.68. The molecule has 26 heavy (non-hydrogen) atoms. The highest BCUT2D eigenvalue weighted by molar-refractivity contribution is 5.91. The zero-order valence-electron chi connectivity index (χ0n) is 14.6. The molecule has 0 radical (unpaired) electrons. The summed E-state index contributed by atoms with van der Waals surface area (Å²) in [7, 11) is 0. The van der Waals surface area contributed by atoms with Crippen LogP contribution in [0.25, 0.3) is 22.2 Å². The minimum atomic E-state index is -0.717. The maximum absolute atomic E-state index is 14.1. The first-order chi connectivity index (χ1) is 12.5. The van der Waals surface area contributed by atoms with Gasteiger partial charge in [0.1, 0.15) is 5.82 Å². The van der Waals surface area contributed by atoms with Crippen LogP contribution < -0.4 is 11.1 Å². The number of carbonyl (C=O) groups is 1. The van der Waals surface area contributed by atoms with Crippen LogP contribution in [0.5, 0.6) is 0 Å². The molecule has 0 spiro atoms. The second-order valence-corrected chi connectivity index (χ2v) is 6.32. The van der Waals surface area contributed by atoms with Crippen molar-refractivity contribution in [2.45, 2.75) is 25.9 Å². The van der Waals surface area contributed by atoms with E-state index in [1.165, 1.54) is 6.07 Å². The van der Waals surface area contributed by atoms with Crippen LogP contribution in [0.4, 0.5) is 4.39 Å². The maximum Gasteiger partial charge on any atom is 0.237 e. The molecule has 6 heteroatoms. The Morgan fingerprint density at radius 1 is 1.31 bits per heavy atom. The molecular weight excluding hydrogens is 333 g/mol. The molecule has 3 aromatic rings. The molecule has 5 nitrogen and oxygen atoms in total. The zero-order chi connectivity index (χ0) is 18.7. The number of H-pyrrole nitrogens is 1. The van der Waals surface area contributed by atoms with Gasteiger partial charge in [0, 0.05) is 29.6 Å². The van der Waals surface area contributed by atoms with E-state index in [1.807, 2.05) is 25.1 Å². The summed E-state index contributed by atoms with van der Waals surface area (Å²) in [6, 6.07) is 11.7. The molecule has 1 amide bonds. The summed E-state index contributed by atoms with van der Waals surface area (Å²) in [5.74, 6) is -0.565. The average Bonchev–Trinajstić information content (AvgIpc) is 2.96. The number of rotatable bonds is 6. The van der Waals surface area contributed by atoms with Gasteiger partial charge in [0.15, 0.2) is 0 Å². The van der Waals surface area contributed by atoms with Gasteiger partial charge in [-0.25, -0.2) is 4.39 Å². The largest absolute Gasteiger partial charge is 0.396 e. The van der Waals surface area contributed by atoms with E-state index < -0.39 is 6.04 Å². The number of nitrogens with two attached hydrogens (primary N) is 1. The Morgan fingerprint density at radius 3 is 2.81 bits per heavy atom. The summed E-state index contributed by atoms with van der Waals surface area (Å²) in [5.41, 5.74) is 9.75. The SMILES string of the molecule is Cc1c(-c2ccccc2F)[nH]c2ccc(CNC(=O)[C@@H](N)CCO)cc12. The third kappa shape index (κ3) is 3.61. The van der Waals surface area contributed by atoms with Gasteiger partial charge < -0.3 is 21.1 Å². The number of aromatic nitrogens is 1. The highest BCUT2D eigenvalue weighted by Crippen LogP contribution is 2.31. The van der Waals surface area contributed by atoms with Crippen LogP contribution in [0.1, 0.15) is 17.5 Å². The third-order valence-electron chi connectivity index (χ3n) is 4.51. The fourth-order valence-corrected chi connectivity index (χ4v) is 3.01. The van der Waals surface area contributed by atoms with Crippen molar-refractivity contribution in [2.24, 2.45) is 5.73 Å². The molecule has 0 aliphatic rings. The van der Waals surface area contributed by atoms with E-state index in [2.05, 4.69) is 10.3 Å². The number of aliphatic hydroxyl groups is 1. The summed E-state index contributed by atoms with van der Waals surface area (Å²) < 4.78 is 14.1. The Balaban J connectivity index is 1.84. The summed E-state index contributed by atoms with van der Waals surface area (Å²) in [4.78, 5) is 15.1. The third-order valence-corrected chi connectivity index (χ3v) is 4.51. The first-order valence-electron chi connectivity index (χ1n) is 8.51. The Kier molecular flexibility index (Phi) is 5.35. The van der Waals surface area contributed by atoms with Gasteiger partial charge in [-0.05, 0) is 48.7 Å². The number of aryl methyl sites for hydroxylation is 1. The zero-order valence-corrected chi connectivity index (χ0v) is 14.6. The Morgan fingerprint density at radius 2 is 2.08 bits per heavy atom. The normalized spacial score (nSPS) is 12.3. The quantitative estimate of drug-likeness (QED) is 0.548. The lowest BCUT2D eigenvalue weighted by atomic mass is 10.0. The molecule has 0 aliphatic carbocycles. The molecule has 0 fully saturated rings. The van der Waals surface area contributed by atoms with Crippen molar-refractivity contribution in [2.75, 3.05) is 6.61 Å². The number of hydrogen-bond acceptors (Lipinski definition) is 3. The van der Waals surface area contributed by atoms with Crippen LogP contribution in [0.3, 0.4) is 0 Å². The van der Waals surface area contributed by atoms with Crippen molar-refractivity contribution < 1.29 is 14.3 Å². The van der Waals surface area contributed by atoms with Crippen molar-refractivity contribution in [1.29, 1.82) is 0 Å². The van der Waals surface area contributed by atoms with Crippen LogP contribution in [-0.2, 0) is 11.3 Å². The van der Waals surface area contributed by atoms with Crippen LogP contribution in [-0.4, -0.2) is 28.6 Å². The molecule has 0 unspecified atom stereocenters. The number of benzene rings is 2. The van der Waals surface area contributed by atoms with Crippen molar-refractivity contribution in [3.63, 3.8) is 0 Å². The molecule has 1 aromatic heterocycles. The number of fused-ring (bicyclic) bond motifs is 1. The van der Waals surface area contributed by atoms with Gasteiger partial charge in [0.25, 0.3) is 0 Å². The minimum absolute atomic E-state index is 0.123. The number of amides is 1. The topological polar surface area (TPSA) is 91.1 Å². The highest BCUT2D eigenvalue weighted by Gasteiger charge is 2.14. The molecule has 0 bridgehead atoms. The van der Waals surface area contributed by atoms with E-state index in [4.69, 9.17) is 10.8 Å². The Hall–Kier alpha value is -2.70. The van der Waals surface area contributed by atoms with E-state index in [0.717, 1.165) is 27.7 Å². The van der Waals surface area contributed by atoms with Crippen molar-refractivity contribution in [3.8, 4) is 11.3 Å². The predicted octanol–water partition coefficient (Wildman–Crippen LogP) is 2.61. The first kappa shape index (κ1) is 18.1. The molecule has 0 saturated heterocycles. The van der Waals surface area contributed by atoms with Crippen molar-refractivity contribution in [1.82, 2.24) is 10.3 Å². The van der Waals surface area contributed by atoms with Gasteiger partial charge >= 0.3 is 0 Å². The van der Waals surface area contributed by atoms with E-state index in [0.29, 0.717) is 12.1 Å². The number of nitrogens with one attached hydrogen (secondary N) is 2. The first-order valence-corrected chi connectivity index (χ1v) is 8.51. The summed E-state index contributed by atoms with van der Waals surface area (Å²) in [6.07, 6.45) is 0.230. The maximum atomic E-state index is 14.1. The van der Waals surface area contributed by atoms with E-state index in [9.17, 15) is 9.18 Å². The number of carbonyl (C=O) groups excluding carboxylic acids is 1. The van der Waals surface area contributed by atoms with Gasteiger partial charge in [-0.3, -0.25) is 4.79 Å². The van der Waals surface area contributed by atoms with Gasteiger partial charge in [-0.15, -0.1) is 0 Å². The average molecular weight is 355 g/mol. The fraction of sp³-hybridized carbons (Fsp3) is 0.250. The minimum Gasteiger partial charge on any atom is -0.396 e. The van der Waals surface area contributed by atoms with E-state index in [1.54, 1.807) is 18.2 Å². The monoisotopic (exact) mass is 355 g/mol. The van der Waals surface area contributed by atoms with E-state index in [-0.39, 0.29) is 24.8 Å². The number of aromatic amines is 1. The Bertz CT molecular complexity index is 936. The predicted molar refractivity (Wildman–Crippen MR) is 100.0 cm³/mol. The van der Waals surface area contributed by atoms with E-state index >= 15 is 0 Å². The lowest BCUT2D eigenvalue weighted by Gasteiger charge is -2.11. The van der Waals surface area contributed by atoms with Gasteiger partial charge in [0.2, 0.25) is 5.91 Å². The summed E-state index contributed by atoms with van der Waals surface area (Å²) >= 11 is 0. The molecule has 3 rings (SSSR count). The highest BCUT2D eigenvalue weighted by atomic mass is 19.1. The molecule has 5 N–H and O–H groups in total. The van der Waals surface area contributed by atoms with Gasteiger partial charge in [-0.2, -0.15) is 0 Å². The fourth-order valence-electron chi connectivity index (χ4n) is 3.01. The lowest BCUT2D eigenvalue weighted by Crippen LogP contribution is -2.40. The number of halogens is 1. The van der Waals surface area contributed by atoms with Gasteiger partial charge in [-0.1, -0.05) is 18.2 Å². The lowest BCUT2D eigenvalue weighted by molar-refractivity contribution is -0.122. The molecule has 0 aliphatic heterocycles. The van der Waals surface area contributed by atoms with Gasteiger partial charge in [0.05, 0.1) is 11.7 Å². The number of aliphatic hydroxyl groups excluding tert-OH is 1. The second-order valence-electron chi connectivity index (χ2n) is 6.32. The standard InChI is InChI=1S/C20H22FN3O2/c1-12-15-10-13(11-23-20(26)17(22)8-9-25)6-7-18(15)24-19(12)14-4-2-3-5-16(14)21/h2-7,10,17,24-25H,8-9,11,22H2,1H3,(H,23,26)/t17-/m0/s1. The smallest absolute Gasteiger partial charge is 0.237 e. The molecule has 136 valence electrons. The molecule has 1 atom stereocenters. The molecule has 2 aromatic carbocycles. The van der Waals surface area contributed by atoms with Crippen LogP contribution >= 0.6 is 0 Å². The summed E-state index contributed by atoms with van der Waals surface area (Å²) in [5, 5.41) is 12.6. The summed E-state index contributed by atoms with van der Waals surface area (Å²) in [6.45, 7) is 2.16. The molecular formula is C20H22FN3O2. The Labute approximate surface area is 151 Å². The van der Waals surface area contributed by atoms with Crippen LogP contribution in [0, 0.1) is 12.7 Å². The molecule has 1 heterocycles. The van der Waals surface area contributed by atoms with Crippen LogP contribution in [0.15, 0.2) is 42.5 Å². The number of hydrogen-bond donors (Lipinski definition) is 4. The molecule has 0 saturated carbocycles. The van der Waals surface area contributed by atoms with Crippen molar-refractivity contribution in [3.05, 3.63) is 59.4 Å². The van der Waals surface area contributed by atoms with Crippen LogP contribution in [0.2, 0.25) is 0 Å². The van der Waals surface area contributed by atoms with Crippen molar-refractivity contribution >= 4 is 16.8 Å².